The second-order valence-corrected chi connectivity index (χ2v) is 6.15. The van der Waals surface area contributed by atoms with Crippen molar-refractivity contribution >= 4 is 33.8 Å². The Morgan fingerprint density at radius 1 is 1.04 bits per heavy atom. The van der Waals surface area contributed by atoms with Crippen molar-refractivity contribution in [1.82, 2.24) is 5.32 Å². The van der Waals surface area contributed by atoms with Crippen LogP contribution in [0.1, 0.15) is 15.9 Å². The number of phenolic OH excluding ortho intramolecular Hbond substituents is 1. The highest BCUT2D eigenvalue weighted by atomic mass is 79.9. The van der Waals surface area contributed by atoms with Crippen LogP contribution in [0, 0.1) is 0 Å². The Balaban J connectivity index is 2.19. The maximum Gasteiger partial charge on any atom is 0.261 e. The molecule has 0 spiro atoms. The fourth-order valence-corrected chi connectivity index (χ4v) is 2.69. The first kappa shape index (κ1) is 20.3. The van der Waals surface area contributed by atoms with Crippen molar-refractivity contribution in [3.8, 4) is 23.0 Å². The molecule has 0 aliphatic heterocycles. The van der Waals surface area contributed by atoms with E-state index in [1.54, 1.807) is 18.2 Å². The molecule has 0 heterocycles. The Bertz CT molecular complexity index is 894. The largest absolute Gasteiger partial charge is 0.507 e. The zero-order valence-electron chi connectivity index (χ0n) is 14.9. The van der Waals surface area contributed by atoms with Gasteiger partial charge in [0, 0.05) is 16.1 Å². The molecule has 0 fully saturated rings. The van der Waals surface area contributed by atoms with Crippen LogP contribution < -0.4 is 19.5 Å². The summed E-state index contributed by atoms with van der Waals surface area (Å²) in [5.74, 6) is -0.348. The van der Waals surface area contributed by atoms with Gasteiger partial charge < -0.3 is 19.3 Å². The Morgan fingerprint density at radius 3 is 2.37 bits per heavy atom. The third kappa shape index (κ3) is 4.79. The van der Waals surface area contributed by atoms with Crippen molar-refractivity contribution in [2.75, 3.05) is 21.3 Å². The van der Waals surface area contributed by atoms with Crippen LogP contribution in [0.5, 0.6) is 23.0 Å². The van der Waals surface area contributed by atoms with E-state index in [2.05, 4.69) is 21.2 Å². The third-order valence-electron chi connectivity index (χ3n) is 3.59. The average molecular weight is 436 g/mol. The monoisotopic (exact) mass is 435 g/mol. The Hall–Kier alpha value is -3.00. The number of carbonyl (C=O) groups excluding carboxylic acids is 2. The number of aromatic hydroxyl groups is 1. The fraction of sp³-hybridized carbons (Fsp3) is 0.158. The SMILES string of the molecule is COc1ccc(C=CC(=O)NC(=O)c2cc(Br)ccc2O)c(OC)c1OC. The molecule has 2 aromatic carbocycles. The van der Waals surface area contributed by atoms with Gasteiger partial charge in [-0.15, -0.1) is 0 Å². The van der Waals surface area contributed by atoms with Crippen LogP contribution in [0.4, 0.5) is 0 Å². The molecular formula is C19H18BrNO6. The van der Waals surface area contributed by atoms with Gasteiger partial charge >= 0.3 is 0 Å². The molecule has 0 aromatic heterocycles. The average Bonchev–Trinajstić information content (AvgIpc) is 2.66. The van der Waals surface area contributed by atoms with Gasteiger partial charge in [0.25, 0.3) is 11.8 Å². The summed E-state index contributed by atoms with van der Waals surface area (Å²) in [5.41, 5.74) is 0.540. The van der Waals surface area contributed by atoms with Gasteiger partial charge in [-0.3, -0.25) is 14.9 Å². The predicted octanol–water partition coefficient (Wildman–Crippen LogP) is 3.15. The van der Waals surface area contributed by atoms with Crippen molar-refractivity contribution in [3.63, 3.8) is 0 Å². The number of phenols is 1. The van der Waals surface area contributed by atoms with Crippen LogP contribution in [-0.2, 0) is 4.79 Å². The summed E-state index contributed by atoms with van der Waals surface area (Å²) in [7, 11) is 4.45. The number of hydrogen-bond donors (Lipinski definition) is 2. The number of ether oxygens (including phenoxy) is 3. The minimum Gasteiger partial charge on any atom is -0.507 e. The number of benzene rings is 2. The first-order valence-corrected chi connectivity index (χ1v) is 8.51. The molecule has 2 N–H and O–H groups in total. The first-order valence-electron chi connectivity index (χ1n) is 7.72. The third-order valence-corrected chi connectivity index (χ3v) is 4.08. The topological polar surface area (TPSA) is 94.1 Å². The molecule has 0 aliphatic rings. The number of nitrogens with one attached hydrogen (secondary N) is 1. The van der Waals surface area contributed by atoms with Gasteiger partial charge in [-0.25, -0.2) is 0 Å². The van der Waals surface area contributed by atoms with Gasteiger partial charge in [-0.05, 0) is 36.4 Å². The Morgan fingerprint density at radius 2 is 1.74 bits per heavy atom. The van der Waals surface area contributed by atoms with Gasteiger partial charge in [0.1, 0.15) is 5.75 Å². The molecule has 142 valence electrons. The highest BCUT2D eigenvalue weighted by Gasteiger charge is 2.16. The van der Waals surface area contributed by atoms with Crippen LogP contribution >= 0.6 is 15.9 Å². The van der Waals surface area contributed by atoms with Crippen molar-refractivity contribution in [1.29, 1.82) is 0 Å². The minimum atomic E-state index is -0.720. The summed E-state index contributed by atoms with van der Waals surface area (Å²) in [5, 5.41) is 11.9. The second kappa shape index (κ2) is 9.09. The van der Waals surface area contributed by atoms with Crippen LogP contribution in [0.2, 0.25) is 0 Å². The minimum absolute atomic E-state index is 0.0187. The quantitative estimate of drug-likeness (QED) is 0.676. The smallest absolute Gasteiger partial charge is 0.261 e. The maximum atomic E-state index is 12.1. The first-order chi connectivity index (χ1) is 12.9. The van der Waals surface area contributed by atoms with E-state index in [9.17, 15) is 14.7 Å². The van der Waals surface area contributed by atoms with Crippen LogP contribution in [0.15, 0.2) is 40.9 Å². The molecule has 0 saturated heterocycles. The normalized spacial score (nSPS) is 10.5. The molecule has 0 radical (unpaired) electrons. The van der Waals surface area contributed by atoms with Gasteiger partial charge in [-0.1, -0.05) is 15.9 Å². The van der Waals surface area contributed by atoms with E-state index in [1.807, 2.05) is 0 Å². The Labute approximate surface area is 164 Å². The summed E-state index contributed by atoms with van der Waals surface area (Å²) in [6.45, 7) is 0. The fourth-order valence-electron chi connectivity index (χ4n) is 2.33. The maximum absolute atomic E-state index is 12.1. The van der Waals surface area contributed by atoms with E-state index in [1.165, 1.54) is 45.6 Å². The predicted molar refractivity (Wildman–Crippen MR) is 103 cm³/mol. The van der Waals surface area contributed by atoms with Gasteiger partial charge in [0.05, 0.1) is 26.9 Å². The molecule has 2 rings (SSSR count). The summed E-state index contributed by atoms with van der Waals surface area (Å²) >= 11 is 3.21. The number of hydrogen-bond acceptors (Lipinski definition) is 6. The standard InChI is InChI=1S/C19H18BrNO6/c1-25-15-8-4-11(17(26-2)18(15)27-3)5-9-16(23)21-19(24)13-10-12(20)6-7-14(13)22/h4-10,22H,1-3H3,(H,21,23,24). The summed E-state index contributed by atoms with van der Waals surface area (Å²) in [6.07, 6.45) is 2.65. The van der Waals surface area contributed by atoms with E-state index >= 15 is 0 Å². The zero-order valence-corrected chi connectivity index (χ0v) is 16.5. The van der Waals surface area contributed by atoms with Gasteiger partial charge in [-0.2, -0.15) is 0 Å². The lowest BCUT2D eigenvalue weighted by Crippen LogP contribution is -2.28. The van der Waals surface area contributed by atoms with Crippen molar-refractivity contribution in [2.24, 2.45) is 0 Å². The highest BCUT2D eigenvalue weighted by molar-refractivity contribution is 9.10. The summed E-state index contributed by atoms with van der Waals surface area (Å²) in [6, 6.07) is 7.71. The lowest BCUT2D eigenvalue weighted by atomic mass is 10.1. The van der Waals surface area contributed by atoms with E-state index in [0.29, 0.717) is 27.3 Å². The molecule has 0 unspecified atom stereocenters. The van der Waals surface area contributed by atoms with Crippen molar-refractivity contribution < 1.29 is 28.9 Å². The van der Waals surface area contributed by atoms with E-state index in [4.69, 9.17) is 14.2 Å². The molecule has 0 aliphatic carbocycles. The zero-order chi connectivity index (χ0) is 20.0. The second-order valence-electron chi connectivity index (χ2n) is 5.24. The molecule has 0 saturated carbocycles. The molecule has 27 heavy (non-hydrogen) atoms. The number of rotatable bonds is 6. The number of amides is 2. The molecule has 0 bridgehead atoms. The van der Waals surface area contributed by atoms with E-state index in [-0.39, 0.29) is 11.3 Å². The number of carbonyl (C=O) groups is 2. The summed E-state index contributed by atoms with van der Waals surface area (Å²) in [4.78, 5) is 24.2. The number of imide groups is 1. The molecule has 7 nitrogen and oxygen atoms in total. The number of halogens is 1. The summed E-state index contributed by atoms with van der Waals surface area (Å²) < 4.78 is 16.4. The highest BCUT2D eigenvalue weighted by Crippen LogP contribution is 2.40. The Kier molecular flexibility index (Phi) is 6.84. The van der Waals surface area contributed by atoms with Gasteiger partial charge in [0.15, 0.2) is 11.5 Å². The molecule has 2 aromatic rings. The van der Waals surface area contributed by atoms with E-state index < -0.39 is 11.8 Å². The van der Waals surface area contributed by atoms with Crippen LogP contribution in [0.3, 0.4) is 0 Å². The molecule has 0 atom stereocenters. The number of methoxy groups -OCH3 is 3. The molecule has 8 heteroatoms. The molecule has 2 amide bonds. The van der Waals surface area contributed by atoms with Gasteiger partial charge in [0.2, 0.25) is 5.75 Å². The molecular weight excluding hydrogens is 418 g/mol. The van der Waals surface area contributed by atoms with E-state index in [0.717, 1.165) is 0 Å². The lowest BCUT2D eigenvalue weighted by molar-refractivity contribution is -0.115. The van der Waals surface area contributed by atoms with Crippen LogP contribution in [-0.4, -0.2) is 38.3 Å². The van der Waals surface area contributed by atoms with Crippen LogP contribution in [0.25, 0.3) is 6.08 Å². The van der Waals surface area contributed by atoms with Crippen molar-refractivity contribution in [3.05, 3.63) is 52.0 Å². The van der Waals surface area contributed by atoms with Crippen molar-refractivity contribution in [2.45, 2.75) is 0 Å². The lowest BCUT2D eigenvalue weighted by Gasteiger charge is -2.13.